The van der Waals surface area contributed by atoms with E-state index in [2.05, 4.69) is 9.64 Å². The molecule has 0 aromatic heterocycles. The van der Waals surface area contributed by atoms with Gasteiger partial charge in [0.2, 0.25) is 0 Å². The minimum Gasteiger partial charge on any atom is -0.451 e. The lowest BCUT2D eigenvalue weighted by Crippen LogP contribution is -2.31. The molecule has 104 valence electrons. The Morgan fingerprint density at radius 3 is 2.68 bits per heavy atom. The van der Waals surface area contributed by atoms with Crippen LogP contribution in [0.5, 0.6) is 0 Å². The second-order valence-corrected chi connectivity index (χ2v) is 4.75. The molecule has 1 fully saturated rings. The Balaban J connectivity index is 2.13. The van der Waals surface area contributed by atoms with Gasteiger partial charge in [-0.05, 0) is 37.6 Å². The molecule has 0 atom stereocenters. The molecule has 1 aromatic carbocycles. The molecular formula is C14H20N2O3. The van der Waals surface area contributed by atoms with Crippen molar-refractivity contribution in [3.05, 3.63) is 29.8 Å². The normalized spacial score (nSPS) is 16.1. The molecular weight excluding hydrogens is 244 g/mol. The van der Waals surface area contributed by atoms with E-state index in [0.29, 0.717) is 10.8 Å². The number of methoxy groups -OCH3 is 1. The van der Waals surface area contributed by atoms with Crippen LogP contribution in [0.2, 0.25) is 0 Å². The van der Waals surface area contributed by atoms with E-state index in [9.17, 15) is 10.0 Å². The van der Waals surface area contributed by atoms with Crippen molar-refractivity contribution in [2.75, 3.05) is 25.3 Å². The zero-order chi connectivity index (χ0) is 13.7. The third kappa shape index (κ3) is 3.45. The van der Waals surface area contributed by atoms with E-state index < -0.39 is 6.09 Å². The first-order valence-corrected chi connectivity index (χ1v) is 6.59. The number of carbonyl (C=O) groups is 1. The second-order valence-electron chi connectivity index (χ2n) is 4.75. The highest BCUT2D eigenvalue weighted by atomic mass is 16.6. The largest absolute Gasteiger partial charge is 0.451 e. The monoisotopic (exact) mass is 264 g/mol. The number of hydrogen-bond acceptors (Lipinski definition) is 4. The molecule has 0 unspecified atom stereocenters. The number of benzene rings is 1. The van der Waals surface area contributed by atoms with Crippen LogP contribution in [-0.4, -0.2) is 36.4 Å². The summed E-state index contributed by atoms with van der Waals surface area (Å²) in [6, 6.07) is 7.35. The van der Waals surface area contributed by atoms with Gasteiger partial charge in [0.25, 0.3) is 0 Å². The molecule has 0 aliphatic carbocycles. The summed E-state index contributed by atoms with van der Waals surface area (Å²) in [4.78, 5) is 13.7. The molecule has 1 N–H and O–H groups in total. The minimum atomic E-state index is -0.772. The number of ether oxygens (including phenoxy) is 1. The summed E-state index contributed by atoms with van der Waals surface area (Å²) >= 11 is 0. The lowest BCUT2D eigenvalue weighted by Gasteiger charge is -2.28. The third-order valence-electron chi connectivity index (χ3n) is 3.41. The highest BCUT2D eigenvalue weighted by molar-refractivity contribution is 5.85. The zero-order valence-electron chi connectivity index (χ0n) is 11.2. The quantitative estimate of drug-likeness (QED) is 0.673. The SMILES string of the molecule is COC(=O)N(O)c1ccccc1CN1CCCCC1. The number of para-hydroxylation sites is 1. The first-order chi connectivity index (χ1) is 9.22. The van der Waals surface area contributed by atoms with E-state index in [-0.39, 0.29) is 0 Å². The molecule has 5 heteroatoms. The van der Waals surface area contributed by atoms with E-state index in [4.69, 9.17) is 0 Å². The van der Waals surface area contributed by atoms with E-state index >= 15 is 0 Å². The first-order valence-electron chi connectivity index (χ1n) is 6.59. The Bertz CT molecular complexity index is 430. The molecule has 0 spiro atoms. The number of anilines is 1. The number of nitrogens with zero attached hydrogens (tertiary/aromatic N) is 2. The first kappa shape index (κ1) is 13.8. The predicted molar refractivity (Wildman–Crippen MR) is 72.2 cm³/mol. The number of amides is 1. The number of piperidine rings is 1. The van der Waals surface area contributed by atoms with Gasteiger partial charge in [-0.1, -0.05) is 24.6 Å². The zero-order valence-corrected chi connectivity index (χ0v) is 11.2. The Morgan fingerprint density at radius 1 is 1.32 bits per heavy atom. The third-order valence-corrected chi connectivity index (χ3v) is 3.41. The molecule has 1 amide bonds. The van der Waals surface area contributed by atoms with Crippen molar-refractivity contribution >= 4 is 11.8 Å². The van der Waals surface area contributed by atoms with Gasteiger partial charge in [-0.15, -0.1) is 0 Å². The number of rotatable bonds is 3. The fourth-order valence-corrected chi connectivity index (χ4v) is 2.39. The molecule has 1 heterocycles. The average Bonchev–Trinajstić information content (AvgIpc) is 2.47. The summed E-state index contributed by atoms with van der Waals surface area (Å²) < 4.78 is 4.53. The fraction of sp³-hybridized carbons (Fsp3) is 0.500. The second kappa shape index (κ2) is 6.54. The van der Waals surface area contributed by atoms with Gasteiger partial charge in [0.15, 0.2) is 0 Å². The molecule has 5 nitrogen and oxygen atoms in total. The summed E-state index contributed by atoms with van der Waals surface area (Å²) in [6.07, 6.45) is 2.93. The van der Waals surface area contributed by atoms with Crippen LogP contribution in [-0.2, 0) is 11.3 Å². The van der Waals surface area contributed by atoms with Crippen LogP contribution in [0.15, 0.2) is 24.3 Å². The summed E-state index contributed by atoms with van der Waals surface area (Å²) in [6.45, 7) is 2.88. The lowest BCUT2D eigenvalue weighted by molar-refractivity contribution is 0.140. The van der Waals surface area contributed by atoms with Crippen LogP contribution in [0.3, 0.4) is 0 Å². The van der Waals surface area contributed by atoms with Gasteiger partial charge in [-0.25, -0.2) is 4.79 Å². The molecule has 1 aliphatic rings. The maximum absolute atomic E-state index is 11.4. The van der Waals surface area contributed by atoms with Crippen LogP contribution in [0.25, 0.3) is 0 Å². The lowest BCUT2D eigenvalue weighted by atomic mass is 10.1. The van der Waals surface area contributed by atoms with Gasteiger partial charge in [-0.2, -0.15) is 5.06 Å². The molecule has 2 rings (SSSR count). The van der Waals surface area contributed by atoms with E-state index in [0.717, 1.165) is 25.2 Å². The van der Waals surface area contributed by atoms with Gasteiger partial charge >= 0.3 is 6.09 Å². The highest BCUT2D eigenvalue weighted by Crippen LogP contribution is 2.22. The summed E-state index contributed by atoms with van der Waals surface area (Å²) in [7, 11) is 1.25. The molecule has 1 saturated heterocycles. The van der Waals surface area contributed by atoms with Crippen molar-refractivity contribution in [1.29, 1.82) is 0 Å². The highest BCUT2D eigenvalue weighted by Gasteiger charge is 2.19. The van der Waals surface area contributed by atoms with Gasteiger partial charge in [0, 0.05) is 6.54 Å². The summed E-state index contributed by atoms with van der Waals surface area (Å²) in [5, 5.41) is 10.4. The van der Waals surface area contributed by atoms with Crippen molar-refractivity contribution in [3.63, 3.8) is 0 Å². The number of hydrogen-bond donors (Lipinski definition) is 1. The van der Waals surface area contributed by atoms with Gasteiger partial charge < -0.3 is 4.74 Å². The summed E-state index contributed by atoms with van der Waals surface area (Å²) in [5.41, 5.74) is 1.41. The molecule has 1 aromatic rings. The van der Waals surface area contributed by atoms with E-state index in [1.807, 2.05) is 12.1 Å². The van der Waals surface area contributed by atoms with Crippen molar-refractivity contribution in [3.8, 4) is 0 Å². The van der Waals surface area contributed by atoms with E-state index in [1.54, 1.807) is 12.1 Å². The minimum absolute atomic E-state index is 0.486. The fourth-order valence-electron chi connectivity index (χ4n) is 2.39. The van der Waals surface area contributed by atoms with Gasteiger partial charge in [-0.3, -0.25) is 10.1 Å². The number of carbonyl (C=O) groups excluding carboxylic acids is 1. The molecule has 0 bridgehead atoms. The molecule has 0 radical (unpaired) electrons. The van der Waals surface area contributed by atoms with Crippen molar-refractivity contribution in [2.45, 2.75) is 25.8 Å². The standard InChI is InChI=1S/C14H20N2O3/c1-19-14(17)16(18)13-8-4-3-7-12(13)11-15-9-5-2-6-10-15/h3-4,7-8,18H,2,5-6,9-11H2,1H3. The Morgan fingerprint density at radius 2 is 2.00 bits per heavy atom. The van der Waals surface area contributed by atoms with Crippen LogP contribution < -0.4 is 5.06 Å². The topological polar surface area (TPSA) is 53.0 Å². The predicted octanol–water partition coefficient (Wildman–Crippen LogP) is 2.63. The van der Waals surface area contributed by atoms with Crippen LogP contribution in [0.1, 0.15) is 24.8 Å². The smallest absolute Gasteiger partial charge is 0.438 e. The number of hydroxylamine groups is 1. The molecule has 1 aliphatic heterocycles. The Kier molecular flexibility index (Phi) is 4.76. The van der Waals surface area contributed by atoms with Crippen molar-refractivity contribution in [2.24, 2.45) is 0 Å². The maximum Gasteiger partial charge on any atom is 0.438 e. The van der Waals surface area contributed by atoms with Crippen LogP contribution in [0, 0.1) is 0 Å². The Hall–Kier alpha value is -1.59. The van der Waals surface area contributed by atoms with Crippen molar-refractivity contribution < 1.29 is 14.7 Å². The Labute approximate surface area is 113 Å². The van der Waals surface area contributed by atoms with Gasteiger partial charge in [0.1, 0.15) is 0 Å². The van der Waals surface area contributed by atoms with E-state index in [1.165, 1.54) is 26.4 Å². The molecule has 0 saturated carbocycles. The van der Waals surface area contributed by atoms with Crippen LogP contribution >= 0.6 is 0 Å². The molecule has 19 heavy (non-hydrogen) atoms. The maximum atomic E-state index is 11.4. The average molecular weight is 264 g/mol. The summed E-state index contributed by atoms with van der Waals surface area (Å²) in [5.74, 6) is 0. The van der Waals surface area contributed by atoms with Crippen LogP contribution in [0.4, 0.5) is 10.5 Å². The number of likely N-dealkylation sites (tertiary alicyclic amines) is 1. The van der Waals surface area contributed by atoms with Gasteiger partial charge in [0.05, 0.1) is 12.8 Å². The van der Waals surface area contributed by atoms with Crippen molar-refractivity contribution in [1.82, 2.24) is 4.90 Å².